The van der Waals surface area contributed by atoms with E-state index in [-0.39, 0.29) is 24.3 Å². The van der Waals surface area contributed by atoms with E-state index in [1.165, 1.54) is 0 Å². The minimum Gasteiger partial charge on any atom is -0.444 e. The second-order valence-electron chi connectivity index (χ2n) is 9.05. The molecule has 1 heterocycles. The van der Waals surface area contributed by atoms with Crippen LogP contribution in [0.3, 0.4) is 0 Å². The van der Waals surface area contributed by atoms with Gasteiger partial charge in [0.05, 0.1) is 18.2 Å². The molecule has 1 aliphatic carbocycles. The molecule has 0 aromatic heterocycles. The molecular formula is C19H36N2O3. The van der Waals surface area contributed by atoms with Crippen molar-refractivity contribution >= 4 is 6.09 Å². The van der Waals surface area contributed by atoms with Crippen molar-refractivity contribution in [1.29, 1.82) is 0 Å². The third kappa shape index (κ3) is 4.63. The summed E-state index contributed by atoms with van der Waals surface area (Å²) in [6.07, 6.45) is 0.917. The lowest BCUT2D eigenvalue weighted by atomic mass is 9.71. The summed E-state index contributed by atoms with van der Waals surface area (Å²) in [7, 11) is 0. The monoisotopic (exact) mass is 340 g/mol. The summed E-state index contributed by atoms with van der Waals surface area (Å²) in [4.78, 5) is 12.1. The van der Waals surface area contributed by atoms with E-state index in [4.69, 9.17) is 9.47 Å². The van der Waals surface area contributed by atoms with Crippen molar-refractivity contribution in [2.24, 2.45) is 23.7 Å². The SMILES string of the molecule is CC(C)C(CNC1C(NC(=O)OC(C)(C)C)C2CCOC21)C(C)C. The fraction of sp³-hybridized carbons (Fsp3) is 0.947. The lowest BCUT2D eigenvalue weighted by Gasteiger charge is -2.48. The Bertz CT molecular complexity index is 423. The topological polar surface area (TPSA) is 59.6 Å². The summed E-state index contributed by atoms with van der Waals surface area (Å²) >= 11 is 0. The van der Waals surface area contributed by atoms with Crippen LogP contribution >= 0.6 is 0 Å². The van der Waals surface area contributed by atoms with E-state index in [0.29, 0.717) is 23.7 Å². The molecule has 0 spiro atoms. The Morgan fingerprint density at radius 1 is 1.17 bits per heavy atom. The van der Waals surface area contributed by atoms with Gasteiger partial charge in [-0.2, -0.15) is 0 Å². The molecule has 4 unspecified atom stereocenters. The predicted molar refractivity (Wildman–Crippen MR) is 96.0 cm³/mol. The summed E-state index contributed by atoms with van der Waals surface area (Å²) in [6.45, 7) is 16.5. The van der Waals surface area contributed by atoms with Gasteiger partial charge in [-0.3, -0.25) is 0 Å². The Morgan fingerprint density at radius 2 is 1.79 bits per heavy atom. The number of carbonyl (C=O) groups excluding carboxylic acids is 1. The molecule has 5 nitrogen and oxygen atoms in total. The van der Waals surface area contributed by atoms with Crippen LogP contribution in [0.4, 0.5) is 4.79 Å². The number of ether oxygens (including phenoxy) is 2. The number of nitrogens with one attached hydrogen (secondary N) is 2. The normalized spacial score (nSPS) is 29.8. The maximum atomic E-state index is 12.1. The molecule has 1 saturated carbocycles. The van der Waals surface area contributed by atoms with Crippen molar-refractivity contribution in [1.82, 2.24) is 10.6 Å². The van der Waals surface area contributed by atoms with Crippen LogP contribution in [0.1, 0.15) is 54.9 Å². The predicted octanol–water partition coefficient (Wildman–Crippen LogP) is 3.18. The highest BCUT2D eigenvalue weighted by atomic mass is 16.6. The molecule has 2 fully saturated rings. The van der Waals surface area contributed by atoms with Crippen LogP contribution in [0.25, 0.3) is 0 Å². The number of hydrogen-bond donors (Lipinski definition) is 2. The summed E-state index contributed by atoms with van der Waals surface area (Å²) in [5.74, 6) is 2.30. The first-order chi connectivity index (χ1) is 11.1. The van der Waals surface area contributed by atoms with Crippen molar-refractivity contribution < 1.29 is 14.3 Å². The first-order valence-electron chi connectivity index (χ1n) is 9.44. The zero-order chi connectivity index (χ0) is 18.1. The highest BCUT2D eigenvalue weighted by Crippen LogP contribution is 2.39. The maximum Gasteiger partial charge on any atom is 0.407 e. The van der Waals surface area contributed by atoms with Gasteiger partial charge in [0.1, 0.15) is 5.60 Å². The maximum absolute atomic E-state index is 12.1. The van der Waals surface area contributed by atoms with Crippen LogP contribution in [0, 0.1) is 23.7 Å². The fourth-order valence-electron chi connectivity index (χ4n) is 4.10. The van der Waals surface area contributed by atoms with Gasteiger partial charge in [0.15, 0.2) is 0 Å². The molecule has 2 aliphatic rings. The lowest BCUT2D eigenvalue weighted by Crippen LogP contribution is -2.70. The average molecular weight is 341 g/mol. The van der Waals surface area contributed by atoms with Gasteiger partial charge in [-0.05, 0) is 51.5 Å². The van der Waals surface area contributed by atoms with Crippen LogP contribution in [0.15, 0.2) is 0 Å². The van der Waals surface area contributed by atoms with Gasteiger partial charge in [-0.15, -0.1) is 0 Å². The number of rotatable bonds is 6. The first kappa shape index (κ1) is 19.5. The molecule has 140 valence electrons. The molecular weight excluding hydrogens is 304 g/mol. The van der Waals surface area contributed by atoms with Gasteiger partial charge >= 0.3 is 6.09 Å². The largest absolute Gasteiger partial charge is 0.444 e. The molecule has 0 bridgehead atoms. The molecule has 0 aromatic carbocycles. The second kappa shape index (κ2) is 7.61. The van der Waals surface area contributed by atoms with Gasteiger partial charge in [0, 0.05) is 12.5 Å². The molecule has 1 aliphatic heterocycles. The molecule has 2 N–H and O–H groups in total. The molecule has 0 aromatic rings. The number of amides is 1. The Kier molecular flexibility index (Phi) is 6.19. The summed E-state index contributed by atoms with van der Waals surface area (Å²) in [5.41, 5.74) is -0.470. The van der Waals surface area contributed by atoms with Gasteiger partial charge < -0.3 is 20.1 Å². The average Bonchev–Trinajstić information content (AvgIpc) is 2.82. The minimum atomic E-state index is -0.470. The van der Waals surface area contributed by atoms with E-state index in [1.54, 1.807) is 0 Å². The zero-order valence-corrected chi connectivity index (χ0v) is 16.4. The third-order valence-corrected chi connectivity index (χ3v) is 5.37. The van der Waals surface area contributed by atoms with E-state index >= 15 is 0 Å². The summed E-state index contributed by atoms with van der Waals surface area (Å²) in [6, 6.07) is 0.289. The molecule has 2 rings (SSSR count). The Morgan fingerprint density at radius 3 is 2.33 bits per heavy atom. The van der Waals surface area contributed by atoms with Crippen LogP contribution in [-0.2, 0) is 9.47 Å². The molecule has 1 amide bonds. The first-order valence-corrected chi connectivity index (χ1v) is 9.44. The number of alkyl carbamates (subject to hydrolysis) is 1. The van der Waals surface area contributed by atoms with E-state index in [0.717, 1.165) is 19.6 Å². The Labute approximate surface area is 147 Å². The van der Waals surface area contributed by atoms with Crippen molar-refractivity contribution in [3.05, 3.63) is 0 Å². The van der Waals surface area contributed by atoms with Crippen LogP contribution < -0.4 is 10.6 Å². The van der Waals surface area contributed by atoms with Gasteiger partial charge in [0.2, 0.25) is 0 Å². The highest BCUT2D eigenvalue weighted by Gasteiger charge is 2.54. The quantitative estimate of drug-likeness (QED) is 0.780. The van der Waals surface area contributed by atoms with Crippen LogP contribution in [0.5, 0.6) is 0 Å². The lowest BCUT2D eigenvalue weighted by molar-refractivity contribution is -0.0361. The fourth-order valence-corrected chi connectivity index (χ4v) is 4.10. The van der Waals surface area contributed by atoms with Gasteiger partial charge in [-0.1, -0.05) is 27.7 Å². The number of fused-ring (bicyclic) bond motifs is 1. The van der Waals surface area contributed by atoms with E-state index in [9.17, 15) is 4.79 Å². The molecule has 0 radical (unpaired) electrons. The van der Waals surface area contributed by atoms with E-state index in [1.807, 2.05) is 20.8 Å². The van der Waals surface area contributed by atoms with Crippen LogP contribution in [0.2, 0.25) is 0 Å². The van der Waals surface area contributed by atoms with E-state index < -0.39 is 5.60 Å². The third-order valence-electron chi connectivity index (χ3n) is 5.37. The standard InChI is InChI=1S/C19H36N2O3/c1-11(2)14(12(3)4)10-20-16-15(13-8-9-23-17(13)16)21-18(22)24-19(5,6)7/h11-17,20H,8-10H2,1-7H3,(H,21,22). The molecule has 4 atom stereocenters. The van der Waals surface area contributed by atoms with Gasteiger partial charge in [-0.25, -0.2) is 4.79 Å². The number of carbonyl (C=O) groups is 1. The van der Waals surface area contributed by atoms with Crippen molar-refractivity contribution in [3.63, 3.8) is 0 Å². The summed E-state index contributed by atoms with van der Waals surface area (Å²) in [5, 5.41) is 6.75. The van der Waals surface area contributed by atoms with Crippen molar-refractivity contribution in [2.75, 3.05) is 13.2 Å². The smallest absolute Gasteiger partial charge is 0.407 e. The highest BCUT2D eigenvalue weighted by molar-refractivity contribution is 5.68. The number of hydrogen-bond acceptors (Lipinski definition) is 4. The molecule has 1 saturated heterocycles. The minimum absolute atomic E-state index is 0.104. The van der Waals surface area contributed by atoms with Gasteiger partial charge in [0.25, 0.3) is 0 Å². The summed E-state index contributed by atoms with van der Waals surface area (Å²) < 4.78 is 11.3. The van der Waals surface area contributed by atoms with Crippen LogP contribution in [-0.4, -0.2) is 43.0 Å². The molecule has 5 heteroatoms. The zero-order valence-electron chi connectivity index (χ0n) is 16.4. The second-order valence-corrected chi connectivity index (χ2v) is 9.05. The van der Waals surface area contributed by atoms with Crippen molar-refractivity contribution in [3.8, 4) is 0 Å². The van der Waals surface area contributed by atoms with E-state index in [2.05, 4.69) is 38.3 Å². The Hall–Kier alpha value is -0.810. The Balaban J connectivity index is 1.93. The van der Waals surface area contributed by atoms with Crippen molar-refractivity contribution in [2.45, 2.75) is 78.7 Å². The molecule has 24 heavy (non-hydrogen) atoms.